The summed E-state index contributed by atoms with van der Waals surface area (Å²) in [6.45, 7) is 4.35. The number of hydrogen-bond acceptors (Lipinski definition) is 2. The molecule has 0 saturated carbocycles. The molecule has 1 aliphatic rings. The summed E-state index contributed by atoms with van der Waals surface area (Å²) in [4.78, 5) is 2.00. The van der Waals surface area contributed by atoms with Gasteiger partial charge in [0.1, 0.15) is 6.17 Å². The van der Waals surface area contributed by atoms with Crippen molar-refractivity contribution in [2.75, 3.05) is 33.9 Å². The van der Waals surface area contributed by atoms with Crippen molar-refractivity contribution in [3.05, 3.63) is 0 Å². The van der Waals surface area contributed by atoms with E-state index in [2.05, 4.69) is 4.74 Å². The van der Waals surface area contributed by atoms with E-state index in [9.17, 15) is 4.39 Å². The van der Waals surface area contributed by atoms with E-state index >= 15 is 0 Å². The highest BCUT2D eigenvalue weighted by atomic mass is 19.1. The van der Waals surface area contributed by atoms with Gasteiger partial charge in [-0.2, -0.15) is 0 Å². The first-order valence-corrected chi connectivity index (χ1v) is 4.02. The predicted molar refractivity (Wildman–Crippen MR) is 44.6 cm³/mol. The number of methoxy groups -OCH3 is 1. The molecule has 11 heavy (non-hydrogen) atoms. The van der Waals surface area contributed by atoms with Crippen LogP contribution in [0.3, 0.4) is 0 Å². The Morgan fingerprint density at radius 1 is 1.64 bits per heavy atom. The van der Waals surface area contributed by atoms with Gasteiger partial charge in [0.05, 0.1) is 0 Å². The van der Waals surface area contributed by atoms with Crippen LogP contribution in [-0.2, 0) is 4.74 Å². The average molecular weight is 163 g/mol. The first kappa shape index (κ1) is 10.8. The van der Waals surface area contributed by atoms with Gasteiger partial charge in [-0.05, 0) is 20.4 Å². The van der Waals surface area contributed by atoms with E-state index in [1.165, 1.54) is 0 Å². The molecule has 0 amide bonds. The van der Waals surface area contributed by atoms with Gasteiger partial charge in [0, 0.05) is 26.8 Å². The third kappa shape index (κ3) is 6.26. The lowest BCUT2D eigenvalue weighted by Crippen LogP contribution is -2.13. The zero-order chi connectivity index (χ0) is 8.69. The minimum Gasteiger partial charge on any atom is -0.385 e. The number of likely N-dealkylation sites (tertiary alicyclic amines) is 1. The maximum absolute atomic E-state index is 12.1. The van der Waals surface area contributed by atoms with Crippen molar-refractivity contribution in [3.8, 4) is 0 Å². The number of alkyl halides is 1. The van der Waals surface area contributed by atoms with Crippen molar-refractivity contribution >= 4 is 0 Å². The molecule has 2 nitrogen and oxygen atoms in total. The minimum atomic E-state index is -0.551. The molecule has 1 fully saturated rings. The summed E-state index contributed by atoms with van der Waals surface area (Å²) in [5.74, 6) is 0. The molecular weight excluding hydrogens is 145 g/mol. The SMILES string of the molecule is CCOC.CN1CC[C@@H](F)C1. The zero-order valence-corrected chi connectivity index (χ0v) is 7.64. The summed E-state index contributed by atoms with van der Waals surface area (Å²) in [5, 5.41) is 0. The number of nitrogens with zero attached hydrogens (tertiary/aromatic N) is 1. The van der Waals surface area contributed by atoms with E-state index < -0.39 is 6.17 Å². The Kier molecular flexibility index (Phi) is 6.46. The molecule has 1 aliphatic heterocycles. The summed E-state index contributed by atoms with van der Waals surface area (Å²) in [6.07, 6.45) is 0.182. The molecule has 0 aromatic heterocycles. The second-order valence-corrected chi connectivity index (χ2v) is 2.73. The summed E-state index contributed by atoms with van der Waals surface area (Å²) in [6, 6.07) is 0. The third-order valence-electron chi connectivity index (χ3n) is 1.62. The number of ether oxygens (including phenoxy) is 1. The number of halogens is 1. The fraction of sp³-hybridized carbons (Fsp3) is 1.00. The minimum absolute atomic E-state index is 0.551. The molecule has 68 valence electrons. The summed E-state index contributed by atoms with van der Waals surface area (Å²) < 4.78 is 16.7. The second-order valence-electron chi connectivity index (χ2n) is 2.73. The predicted octanol–water partition coefficient (Wildman–Crippen LogP) is 1.31. The number of hydrogen-bond donors (Lipinski definition) is 0. The van der Waals surface area contributed by atoms with Gasteiger partial charge >= 0.3 is 0 Å². The largest absolute Gasteiger partial charge is 0.385 e. The van der Waals surface area contributed by atoms with Crippen LogP contribution in [0.25, 0.3) is 0 Å². The summed E-state index contributed by atoms with van der Waals surface area (Å²) >= 11 is 0. The van der Waals surface area contributed by atoms with Crippen molar-refractivity contribution in [1.29, 1.82) is 0 Å². The van der Waals surface area contributed by atoms with Gasteiger partial charge in [-0.25, -0.2) is 4.39 Å². The van der Waals surface area contributed by atoms with Crippen LogP contribution in [0.2, 0.25) is 0 Å². The van der Waals surface area contributed by atoms with Gasteiger partial charge in [0.15, 0.2) is 0 Å². The highest BCUT2D eigenvalue weighted by molar-refractivity contribution is 4.70. The molecule has 1 saturated heterocycles. The van der Waals surface area contributed by atoms with Crippen molar-refractivity contribution in [2.24, 2.45) is 0 Å². The Bertz CT molecular complexity index is 80.2. The topological polar surface area (TPSA) is 12.5 Å². The van der Waals surface area contributed by atoms with Gasteiger partial charge in [-0.15, -0.1) is 0 Å². The van der Waals surface area contributed by atoms with Gasteiger partial charge in [-0.3, -0.25) is 0 Å². The lowest BCUT2D eigenvalue weighted by atomic mass is 10.4. The van der Waals surface area contributed by atoms with E-state index in [1.54, 1.807) is 7.11 Å². The zero-order valence-electron chi connectivity index (χ0n) is 7.64. The maximum Gasteiger partial charge on any atom is 0.114 e. The number of rotatable bonds is 1. The molecule has 0 bridgehead atoms. The molecule has 1 rings (SSSR count). The van der Waals surface area contributed by atoms with Crippen molar-refractivity contribution in [1.82, 2.24) is 4.90 Å². The van der Waals surface area contributed by atoms with Crippen LogP contribution < -0.4 is 0 Å². The highest BCUT2D eigenvalue weighted by Gasteiger charge is 2.17. The first-order valence-electron chi connectivity index (χ1n) is 4.02. The molecule has 0 aliphatic carbocycles. The van der Waals surface area contributed by atoms with Crippen LogP contribution in [0.5, 0.6) is 0 Å². The van der Waals surface area contributed by atoms with Gasteiger partial charge < -0.3 is 9.64 Å². The van der Waals surface area contributed by atoms with E-state index in [0.29, 0.717) is 6.54 Å². The Morgan fingerprint density at radius 2 is 2.18 bits per heavy atom. The lowest BCUT2D eigenvalue weighted by molar-refractivity contribution is 0.215. The third-order valence-corrected chi connectivity index (χ3v) is 1.62. The lowest BCUT2D eigenvalue weighted by Gasteiger charge is -2.01. The summed E-state index contributed by atoms with van der Waals surface area (Å²) in [5.41, 5.74) is 0. The molecule has 0 aromatic carbocycles. The molecule has 0 spiro atoms. The molecule has 0 radical (unpaired) electrons. The van der Waals surface area contributed by atoms with Crippen LogP contribution in [0, 0.1) is 0 Å². The summed E-state index contributed by atoms with van der Waals surface area (Å²) in [7, 11) is 3.62. The van der Waals surface area contributed by atoms with Gasteiger partial charge in [-0.1, -0.05) is 0 Å². The second kappa shape index (κ2) is 6.55. The van der Waals surface area contributed by atoms with Crippen LogP contribution in [-0.4, -0.2) is 44.9 Å². The van der Waals surface area contributed by atoms with Crippen molar-refractivity contribution in [3.63, 3.8) is 0 Å². The highest BCUT2D eigenvalue weighted by Crippen LogP contribution is 2.08. The van der Waals surface area contributed by atoms with Crippen molar-refractivity contribution in [2.45, 2.75) is 19.5 Å². The van der Waals surface area contributed by atoms with E-state index in [0.717, 1.165) is 19.6 Å². The standard InChI is InChI=1S/C5H10FN.C3H8O/c1-7-3-2-5(6)4-7;1-3-4-2/h5H,2-4H2,1H3;3H2,1-2H3/t5-;/m1./s1. The Morgan fingerprint density at radius 3 is 2.27 bits per heavy atom. The van der Waals surface area contributed by atoms with Gasteiger partial charge in [0.25, 0.3) is 0 Å². The smallest absolute Gasteiger partial charge is 0.114 e. The Balaban J connectivity index is 0.000000218. The quantitative estimate of drug-likeness (QED) is 0.578. The monoisotopic (exact) mass is 163 g/mol. The molecule has 1 heterocycles. The van der Waals surface area contributed by atoms with Gasteiger partial charge in [0.2, 0.25) is 0 Å². The van der Waals surface area contributed by atoms with E-state index in [1.807, 2.05) is 18.9 Å². The van der Waals surface area contributed by atoms with Crippen LogP contribution in [0.4, 0.5) is 4.39 Å². The van der Waals surface area contributed by atoms with Crippen LogP contribution in [0.15, 0.2) is 0 Å². The fourth-order valence-corrected chi connectivity index (χ4v) is 0.881. The molecule has 1 atom stereocenters. The molecular formula is C8H18FNO. The Hall–Kier alpha value is -0.150. The van der Waals surface area contributed by atoms with Crippen LogP contribution in [0.1, 0.15) is 13.3 Å². The van der Waals surface area contributed by atoms with E-state index in [4.69, 9.17) is 0 Å². The Labute approximate surface area is 68.3 Å². The first-order chi connectivity index (χ1) is 5.20. The van der Waals surface area contributed by atoms with E-state index in [-0.39, 0.29) is 0 Å². The molecule has 0 aromatic rings. The fourth-order valence-electron chi connectivity index (χ4n) is 0.881. The molecule has 0 unspecified atom stereocenters. The normalized spacial score (nSPS) is 24.5. The van der Waals surface area contributed by atoms with Crippen LogP contribution >= 0.6 is 0 Å². The average Bonchev–Trinajstić information content (AvgIpc) is 2.35. The molecule has 0 N–H and O–H groups in total. The molecule has 3 heteroatoms. The maximum atomic E-state index is 12.1. The van der Waals surface area contributed by atoms with Crippen molar-refractivity contribution < 1.29 is 9.13 Å².